The Hall–Kier alpha value is -3.85. The Morgan fingerprint density at radius 2 is 1.83 bits per heavy atom. The normalized spacial score (nSPS) is 13.9. The maximum atomic E-state index is 12.3. The Bertz CT molecular complexity index is 1040. The van der Waals surface area contributed by atoms with Crippen molar-refractivity contribution in [3.63, 3.8) is 0 Å². The van der Waals surface area contributed by atoms with Crippen LogP contribution in [0.3, 0.4) is 0 Å². The molecule has 0 atom stereocenters. The summed E-state index contributed by atoms with van der Waals surface area (Å²) >= 11 is 0. The zero-order chi connectivity index (χ0) is 21.7. The van der Waals surface area contributed by atoms with Crippen LogP contribution in [0, 0.1) is 22.7 Å². The van der Waals surface area contributed by atoms with Crippen molar-refractivity contribution in [2.24, 2.45) is 5.10 Å². The van der Waals surface area contributed by atoms with Crippen LogP contribution < -0.4 is 10.3 Å². The van der Waals surface area contributed by atoms with E-state index in [9.17, 15) is 4.79 Å². The molecule has 1 aromatic heterocycles. The summed E-state index contributed by atoms with van der Waals surface area (Å²) in [5, 5.41) is 23.3. The van der Waals surface area contributed by atoms with Gasteiger partial charge in [0, 0.05) is 55.0 Å². The van der Waals surface area contributed by atoms with Gasteiger partial charge >= 0.3 is 6.09 Å². The summed E-state index contributed by atoms with van der Waals surface area (Å²) in [6.45, 7) is 8.06. The average molecular weight is 405 g/mol. The van der Waals surface area contributed by atoms with Crippen LogP contribution in [0.2, 0.25) is 0 Å². The van der Waals surface area contributed by atoms with Gasteiger partial charge < -0.3 is 14.5 Å². The Morgan fingerprint density at radius 3 is 2.47 bits per heavy atom. The van der Waals surface area contributed by atoms with Gasteiger partial charge in [0.2, 0.25) is 5.71 Å². The van der Waals surface area contributed by atoms with Crippen molar-refractivity contribution >= 4 is 34.0 Å². The van der Waals surface area contributed by atoms with E-state index in [0.29, 0.717) is 31.9 Å². The molecule has 1 aliphatic rings. The number of ether oxygens (including phenoxy) is 1. The number of fused-ring (bicyclic) bond motifs is 1. The van der Waals surface area contributed by atoms with Crippen molar-refractivity contribution in [2.45, 2.75) is 26.4 Å². The number of nitrogens with one attached hydrogen (secondary N) is 1. The minimum Gasteiger partial charge on any atom is -0.444 e. The molecule has 0 aliphatic carbocycles. The van der Waals surface area contributed by atoms with E-state index in [4.69, 9.17) is 15.3 Å². The van der Waals surface area contributed by atoms with Crippen LogP contribution in [0.15, 0.2) is 35.7 Å². The standard InChI is InChI=1S/C21H23N7O2/c1-21(2,3)30-20(29)28-10-8-27(9-11-28)19-5-4-18(26-25-15(12-22)13-23)17-14-24-7-6-16(17)19/h4-7,14,26H,8-11H2,1-3H3. The van der Waals surface area contributed by atoms with E-state index < -0.39 is 5.60 Å². The maximum Gasteiger partial charge on any atom is 0.410 e. The van der Waals surface area contributed by atoms with Crippen molar-refractivity contribution in [1.29, 1.82) is 10.5 Å². The fourth-order valence-corrected chi connectivity index (χ4v) is 3.20. The number of amides is 1. The molecule has 0 radical (unpaired) electrons. The number of nitriles is 2. The lowest BCUT2D eigenvalue weighted by Crippen LogP contribution is -2.50. The molecule has 1 aliphatic heterocycles. The Balaban J connectivity index is 1.79. The maximum absolute atomic E-state index is 12.3. The first-order valence-electron chi connectivity index (χ1n) is 9.56. The SMILES string of the molecule is CC(C)(C)OC(=O)N1CCN(c2ccc(NN=C(C#N)C#N)c3cnccc23)CC1. The highest BCUT2D eigenvalue weighted by Crippen LogP contribution is 2.32. The highest BCUT2D eigenvalue weighted by molar-refractivity contribution is 6.11. The zero-order valence-electron chi connectivity index (χ0n) is 17.2. The molecule has 0 saturated carbocycles. The van der Waals surface area contributed by atoms with Crippen LogP contribution in [-0.4, -0.2) is 53.5 Å². The molecule has 30 heavy (non-hydrogen) atoms. The van der Waals surface area contributed by atoms with Gasteiger partial charge in [0.25, 0.3) is 0 Å². The zero-order valence-corrected chi connectivity index (χ0v) is 17.2. The molecule has 3 rings (SSSR count). The van der Waals surface area contributed by atoms with Crippen LogP contribution in [0.25, 0.3) is 10.8 Å². The number of carbonyl (C=O) groups excluding carboxylic acids is 1. The van der Waals surface area contributed by atoms with Gasteiger partial charge in [-0.2, -0.15) is 15.6 Å². The van der Waals surface area contributed by atoms with Crippen molar-refractivity contribution in [1.82, 2.24) is 9.88 Å². The van der Waals surface area contributed by atoms with Crippen molar-refractivity contribution in [3.8, 4) is 12.1 Å². The van der Waals surface area contributed by atoms with Crippen molar-refractivity contribution < 1.29 is 9.53 Å². The minimum absolute atomic E-state index is 0.255. The largest absolute Gasteiger partial charge is 0.444 e. The van der Waals surface area contributed by atoms with E-state index in [2.05, 4.69) is 20.4 Å². The van der Waals surface area contributed by atoms with E-state index in [-0.39, 0.29) is 11.8 Å². The quantitative estimate of drug-likeness (QED) is 0.616. The Labute approximate surface area is 175 Å². The van der Waals surface area contributed by atoms with E-state index in [1.54, 1.807) is 29.4 Å². The molecule has 0 bridgehead atoms. The lowest BCUT2D eigenvalue weighted by molar-refractivity contribution is 0.0240. The number of aromatic nitrogens is 1. The molecule has 9 heteroatoms. The third-order valence-electron chi connectivity index (χ3n) is 4.57. The highest BCUT2D eigenvalue weighted by atomic mass is 16.6. The second kappa shape index (κ2) is 8.66. The predicted octanol–water partition coefficient (Wildman–Crippen LogP) is 3.11. The van der Waals surface area contributed by atoms with Crippen LogP contribution in [0.4, 0.5) is 16.2 Å². The second-order valence-electron chi connectivity index (χ2n) is 7.80. The van der Waals surface area contributed by atoms with Gasteiger partial charge in [0.15, 0.2) is 0 Å². The van der Waals surface area contributed by atoms with Crippen molar-refractivity contribution in [3.05, 3.63) is 30.6 Å². The van der Waals surface area contributed by atoms with E-state index in [1.165, 1.54) is 0 Å². The Morgan fingerprint density at radius 1 is 1.13 bits per heavy atom. The molecule has 1 aromatic carbocycles. The molecule has 1 N–H and O–H groups in total. The number of pyridine rings is 1. The van der Waals surface area contributed by atoms with Gasteiger partial charge in [-0.25, -0.2) is 4.79 Å². The van der Waals surface area contributed by atoms with Gasteiger partial charge in [-0.15, -0.1) is 0 Å². The number of piperazine rings is 1. The van der Waals surface area contributed by atoms with Crippen LogP contribution in [-0.2, 0) is 4.74 Å². The number of carbonyl (C=O) groups is 1. The average Bonchev–Trinajstić information content (AvgIpc) is 2.73. The molecule has 1 saturated heterocycles. The molecule has 2 heterocycles. The van der Waals surface area contributed by atoms with Crippen molar-refractivity contribution in [2.75, 3.05) is 36.5 Å². The van der Waals surface area contributed by atoms with Gasteiger partial charge in [0.1, 0.15) is 17.7 Å². The molecular weight excluding hydrogens is 382 g/mol. The van der Waals surface area contributed by atoms with Gasteiger partial charge in [-0.1, -0.05) is 0 Å². The van der Waals surface area contributed by atoms with E-state index >= 15 is 0 Å². The van der Waals surface area contributed by atoms with Gasteiger partial charge in [-0.05, 0) is 39.0 Å². The van der Waals surface area contributed by atoms with Crippen LogP contribution >= 0.6 is 0 Å². The topological polar surface area (TPSA) is 118 Å². The predicted molar refractivity (Wildman–Crippen MR) is 114 cm³/mol. The fraction of sp³-hybridized carbons (Fsp3) is 0.381. The number of rotatable bonds is 3. The van der Waals surface area contributed by atoms with Gasteiger partial charge in [0.05, 0.1) is 5.69 Å². The van der Waals surface area contributed by atoms with E-state index in [0.717, 1.165) is 16.5 Å². The molecule has 0 spiro atoms. The number of anilines is 2. The number of hydrogen-bond acceptors (Lipinski definition) is 8. The number of nitrogens with zero attached hydrogens (tertiary/aromatic N) is 6. The summed E-state index contributed by atoms with van der Waals surface area (Å²) in [5.41, 5.74) is 3.68. The summed E-state index contributed by atoms with van der Waals surface area (Å²) in [6, 6.07) is 9.16. The summed E-state index contributed by atoms with van der Waals surface area (Å²) in [4.78, 5) is 20.4. The summed E-state index contributed by atoms with van der Waals surface area (Å²) < 4.78 is 5.46. The third-order valence-corrected chi connectivity index (χ3v) is 4.57. The monoisotopic (exact) mass is 405 g/mol. The highest BCUT2D eigenvalue weighted by Gasteiger charge is 2.26. The van der Waals surface area contributed by atoms with Crippen LogP contribution in [0.1, 0.15) is 20.8 Å². The molecule has 0 unspecified atom stereocenters. The van der Waals surface area contributed by atoms with Gasteiger partial charge in [-0.3, -0.25) is 10.4 Å². The first-order chi connectivity index (χ1) is 14.3. The smallest absolute Gasteiger partial charge is 0.410 e. The summed E-state index contributed by atoms with van der Waals surface area (Å²) in [7, 11) is 0. The first-order valence-corrected chi connectivity index (χ1v) is 9.56. The first kappa shape index (κ1) is 20.9. The third kappa shape index (κ3) is 4.76. The van der Waals surface area contributed by atoms with E-state index in [1.807, 2.05) is 39.0 Å². The second-order valence-corrected chi connectivity index (χ2v) is 7.80. The molecule has 154 valence electrons. The lowest BCUT2D eigenvalue weighted by atomic mass is 10.1. The fourth-order valence-electron chi connectivity index (χ4n) is 3.20. The molecule has 9 nitrogen and oxygen atoms in total. The molecular formula is C21H23N7O2. The Kier molecular flexibility index (Phi) is 6.03. The molecule has 1 fully saturated rings. The molecule has 1 amide bonds. The summed E-state index contributed by atoms with van der Waals surface area (Å²) in [6.07, 6.45) is 3.14. The lowest BCUT2D eigenvalue weighted by Gasteiger charge is -2.37. The number of benzene rings is 1. The summed E-state index contributed by atoms with van der Waals surface area (Å²) in [5.74, 6) is 0. The minimum atomic E-state index is -0.514. The number of hydrazone groups is 1. The molecule has 2 aromatic rings. The number of hydrogen-bond donors (Lipinski definition) is 1. The van der Waals surface area contributed by atoms with Crippen LogP contribution in [0.5, 0.6) is 0 Å².